The number of carbonyl (C=O) groups excluding carboxylic acids is 2. The van der Waals surface area contributed by atoms with Gasteiger partial charge in [-0.25, -0.2) is 4.98 Å². The Hall–Kier alpha value is -3.13. The number of rotatable bonds is 4. The molecule has 38 heavy (non-hydrogen) atoms. The normalized spacial score (nSPS) is 26.1. The first-order valence-corrected chi connectivity index (χ1v) is 14.2. The monoisotopic (exact) mass is 518 g/mol. The van der Waals surface area contributed by atoms with Crippen LogP contribution >= 0.6 is 0 Å². The second-order valence-electron chi connectivity index (χ2n) is 11.6. The van der Waals surface area contributed by atoms with Crippen LogP contribution in [0.3, 0.4) is 0 Å². The van der Waals surface area contributed by atoms with Gasteiger partial charge in [-0.05, 0) is 92.8 Å². The molecule has 2 amide bonds. The molecule has 4 heterocycles. The van der Waals surface area contributed by atoms with Crippen molar-refractivity contribution in [3.05, 3.63) is 47.7 Å². The van der Waals surface area contributed by atoms with Crippen molar-refractivity contribution in [1.82, 2.24) is 14.8 Å². The third-order valence-corrected chi connectivity index (χ3v) is 8.87. The SMILES string of the molecule is CCc1cc(NC(=O)C(=O)N2C[C@@H](C)CC[C@@H]2c2ccc(N3CC[C@@H]4CCN(C)C[C@@H]4C3)cc2)cnc1N. The fraction of sp³-hybridized carbons (Fsp3) is 0.567. The zero-order valence-electron chi connectivity index (χ0n) is 23.0. The number of nitrogen functional groups attached to an aromatic ring is 1. The van der Waals surface area contributed by atoms with E-state index in [4.69, 9.17) is 5.73 Å². The summed E-state index contributed by atoms with van der Waals surface area (Å²) >= 11 is 0. The summed E-state index contributed by atoms with van der Waals surface area (Å²) in [7, 11) is 2.23. The molecule has 5 rings (SSSR count). The molecule has 1 aromatic heterocycles. The number of nitrogens with one attached hydrogen (secondary N) is 1. The maximum Gasteiger partial charge on any atom is 0.313 e. The number of benzene rings is 1. The van der Waals surface area contributed by atoms with Crippen LogP contribution in [0.4, 0.5) is 17.2 Å². The van der Waals surface area contributed by atoms with Crippen molar-refractivity contribution in [2.45, 2.75) is 52.0 Å². The van der Waals surface area contributed by atoms with Crippen LogP contribution in [0.5, 0.6) is 0 Å². The van der Waals surface area contributed by atoms with E-state index in [1.807, 2.05) is 6.92 Å². The summed E-state index contributed by atoms with van der Waals surface area (Å²) in [5.74, 6) is 1.26. The van der Waals surface area contributed by atoms with Crippen LogP contribution in [0.25, 0.3) is 0 Å². The molecule has 2 aromatic rings. The average Bonchev–Trinajstić information content (AvgIpc) is 2.93. The molecule has 3 aliphatic heterocycles. The van der Waals surface area contributed by atoms with Gasteiger partial charge in [0, 0.05) is 31.9 Å². The molecule has 3 saturated heterocycles. The lowest BCUT2D eigenvalue weighted by molar-refractivity contribution is -0.146. The summed E-state index contributed by atoms with van der Waals surface area (Å²) in [6.45, 7) is 9.31. The minimum absolute atomic E-state index is 0.105. The number of nitrogens with zero attached hydrogens (tertiary/aromatic N) is 4. The number of hydrogen-bond acceptors (Lipinski definition) is 6. The molecule has 1 aromatic carbocycles. The highest BCUT2D eigenvalue weighted by Crippen LogP contribution is 2.36. The van der Waals surface area contributed by atoms with Crippen molar-refractivity contribution >= 4 is 29.0 Å². The minimum Gasteiger partial charge on any atom is -0.383 e. The zero-order valence-corrected chi connectivity index (χ0v) is 23.0. The van der Waals surface area contributed by atoms with Crippen molar-refractivity contribution < 1.29 is 9.59 Å². The van der Waals surface area contributed by atoms with Gasteiger partial charge in [-0.1, -0.05) is 26.0 Å². The lowest BCUT2D eigenvalue weighted by Crippen LogP contribution is -2.49. The molecule has 0 saturated carbocycles. The van der Waals surface area contributed by atoms with Gasteiger partial charge in [0.05, 0.1) is 17.9 Å². The van der Waals surface area contributed by atoms with Crippen molar-refractivity contribution in [2.75, 3.05) is 55.7 Å². The number of aromatic nitrogens is 1. The van der Waals surface area contributed by atoms with Gasteiger partial charge in [-0.2, -0.15) is 0 Å². The predicted octanol–water partition coefficient (Wildman–Crippen LogP) is 3.94. The van der Waals surface area contributed by atoms with E-state index in [0.717, 1.165) is 48.9 Å². The Bertz CT molecular complexity index is 1150. The first kappa shape index (κ1) is 26.5. The highest BCUT2D eigenvalue weighted by molar-refractivity contribution is 6.39. The van der Waals surface area contributed by atoms with Crippen molar-refractivity contribution in [2.24, 2.45) is 17.8 Å². The molecule has 3 N–H and O–H groups in total. The first-order chi connectivity index (χ1) is 18.3. The van der Waals surface area contributed by atoms with E-state index in [9.17, 15) is 9.59 Å². The lowest BCUT2D eigenvalue weighted by Gasteiger charge is -2.45. The van der Waals surface area contributed by atoms with E-state index >= 15 is 0 Å². The number of likely N-dealkylation sites (tertiary alicyclic amines) is 2. The molecule has 0 spiro atoms. The Balaban J connectivity index is 1.27. The molecule has 8 nitrogen and oxygen atoms in total. The van der Waals surface area contributed by atoms with Crippen LogP contribution in [0.15, 0.2) is 36.5 Å². The zero-order chi connectivity index (χ0) is 26.8. The Labute approximate surface area is 226 Å². The molecule has 8 heteroatoms. The van der Waals surface area contributed by atoms with Gasteiger partial charge in [0.15, 0.2) is 0 Å². The van der Waals surface area contributed by atoms with E-state index < -0.39 is 11.8 Å². The quantitative estimate of drug-likeness (QED) is 0.596. The number of pyridine rings is 1. The summed E-state index contributed by atoms with van der Waals surface area (Å²) in [6.07, 6.45) is 6.67. The molecule has 0 radical (unpaired) electrons. The molecule has 204 valence electrons. The number of hydrogen-bond donors (Lipinski definition) is 2. The summed E-state index contributed by atoms with van der Waals surface area (Å²) in [5, 5.41) is 2.75. The smallest absolute Gasteiger partial charge is 0.313 e. The third-order valence-electron chi connectivity index (χ3n) is 8.87. The van der Waals surface area contributed by atoms with Crippen molar-refractivity contribution in [1.29, 1.82) is 0 Å². The fourth-order valence-corrected chi connectivity index (χ4v) is 6.60. The molecule has 4 atom stereocenters. The number of aryl methyl sites for hydroxylation is 1. The number of carbonyl (C=O) groups is 2. The topological polar surface area (TPSA) is 94.8 Å². The predicted molar refractivity (Wildman–Crippen MR) is 152 cm³/mol. The fourth-order valence-electron chi connectivity index (χ4n) is 6.60. The molecule has 0 aliphatic carbocycles. The Kier molecular flexibility index (Phi) is 7.88. The lowest BCUT2D eigenvalue weighted by atomic mass is 9.80. The van der Waals surface area contributed by atoms with Crippen molar-refractivity contribution in [3.63, 3.8) is 0 Å². The van der Waals surface area contributed by atoms with Crippen LogP contribution in [0.1, 0.15) is 56.7 Å². The first-order valence-electron chi connectivity index (χ1n) is 14.2. The second kappa shape index (κ2) is 11.3. The van der Waals surface area contributed by atoms with Gasteiger partial charge in [0.1, 0.15) is 5.82 Å². The van der Waals surface area contributed by atoms with Gasteiger partial charge in [0.2, 0.25) is 0 Å². The number of nitrogens with two attached hydrogens (primary N) is 1. The van der Waals surface area contributed by atoms with Crippen LogP contribution in [-0.4, -0.2) is 66.4 Å². The van der Waals surface area contributed by atoms with Crippen LogP contribution < -0.4 is 16.0 Å². The number of anilines is 3. The third kappa shape index (κ3) is 5.65. The van der Waals surface area contributed by atoms with E-state index in [2.05, 4.69) is 58.3 Å². The summed E-state index contributed by atoms with van der Waals surface area (Å²) < 4.78 is 0. The van der Waals surface area contributed by atoms with Crippen LogP contribution in [0, 0.1) is 17.8 Å². The summed E-state index contributed by atoms with van der Waals surface area (Å²) in [5.41, 5.74) is 9.58. The second-order valence-corrected chi connectivity index (χ2v) is 11.6. The van der Waals surface area contributed by atoms with Crippen LogP contribution in [-0.2, 0) is 16.0 Å². The van der Waals surface area contributed by atoms with Gasteiger partial charge in [-0.3, -0.25) is 9.59 Å². The minimum atomic E-state index is -0.630. The van der Waals surface area contributed by atoms with Gasteiger partial charge in [-0.15, -0.1) is 0 Å². The largest absolute Gasteiger partial charge is 0.383 e. The molecular formula is C30H42N6O2. The maximum atomic E-state index is 13.4. The number of fused-ring (bicyclic) bond motifs is 1. The van der Waals surface area contributed by atoms with E-state index in [0.29, 0.717) is 30.4 Å². The summed E-state index contributed by atoms with van der Waals surface area (Å²) in [6, 6.07) is 10.4. The molecular weight excluding hydrogens is 476 g/mol. The highest BCUT2D eigenvalue weighted by atomic mass is 16.2. The van der Waals surface area contributed by atoms with Gasteiger partial charge < -0.3 is 25.8 Å². The molecule has 0 unspecified atom stereocenters. The van der Waals surface area contributed by atoms with Crippen LogP contribution in [0.2, 0.25) is 0 Å². The van der Waals surface area contributed by atoms with E-state index in [1.165, 1.54) is 37.8 Å². The summed E-state index contributed by atoms with van der Waals surface area (Å²) in [4.78, 5) is 37.3. The highest BCUT2D eigenvalue weighted by Gasteiger charge is 2.35. The maximum absolute atomic E-state index is 13.4. The van der Waals surface area contributed by atoms with E-state index in [1.54, 1.807) is 11.0 Å². The standard InChI is InChI=1S/C30H42N6O2/c1-4-21-15-25(16-32-28(21)31)33-29(37)30(38)36-17-20(2)5-10-27(36)23-6-8-26(9-7-23)35-14-12-22-11-13-34(3)18-24(22)19-35/h6-9,15-16,20,22,24,27H,4-5,10-14,17-19H2,1-3H3,(H2,31,32)(H,33,37)/t20-,22-,24+,27+/m0/s1. The Morgan fingerprint density at radius 1 is 1.03 bits per heavy atom. The van der Waals surface area contributed by atoms with E-state index in [-0.39, 0.29) is 6.04 Å². The number of piperidine rings is 3. The van der Waals surface area contributed by atoms with Crippen molar-refractivity contribution in [3.8, 4) is 0 Å². The number of amides is 2. The van der Waals surface area contributed by atoms with Gasteiger partial charge in [0.25, 0.3) is 0 Å². The molecule has 3 fully saturated rings. The molecule has 3 aliphatic rings. The van der Waals surface area contributed by atoms with Gasteiger partial charge >= 0.3 is 11.8 Å². The average molecular weight is 519 g/mol. The Morgan fingerprint density at radius 2 is 1.79 bits per heavy atom. The Morgan fingerprint density at radius 3 is 2.55 bits per heavy atom. The molecule has 0 bridgehead atoms.